The second kappa shape index (κ2) is 3.98. The molecule has 3 aromatic rings. The van der Waals surface area contributed by atoms with Crippen LogP contribution in [0.15, 0.2) is 60.8 Å². The molecule has 1 nitrogen and oxygen atoms in total. The van der Waals surface area contributed by atoms with Gasteiger partial charge in [0.15, 0.2) is 0 Å². The largest absolute Gasteiger partial charge is 0.228 e. The fraction of sp³-hybridized carbons (Fsp3) is 0. The molecular weight excluding hydrogens is 213 g/mol. The third kappa shape index (κ3) is 1.89. The molecule has 1 heterocycles. The summed E-state index contributed by atoms with van der Waals surface area (Å²) in [6.45, 7) is 0. The van der Waals surface area contributed by atoms with Gasteiger partial charge in [0.1, 0.15) is 0 Å². The number of halogens is 1. The lowest BCUT2D eigenvalue weighted by atomic mass is 10.0. The molecule has 0 bridgehead atoms. The van der Waals surface area contributed by atoms with Crippen LogP contribution in [0.1, 0.15) is 0 Å². The first-order valence-corrected chi connectivity index (χ1v) is 5.44. The van der Waals surface area contributed by atoms with E-state index in [9.17, 15) is 4.39 Å². The highest BCUT2D eigenvalue weighted by molar-refractivity contribution is 5.87. The molecular formula is C15H10FN. The normalized spacial score (nSPS) is 10.6. The topological polar surface area (TPSA) is 12.9 Å². The van der Waals surface area contributed by atoms with Gasteiger partial charge in [0.25, 0.3) is 0 Å². The lowest BCUT2D eigenvalue weighted by Gasteiger charge is -2.03. The SMILES string of the molecule is Fc1cc(-c2ccc3ccccc3c2)ccn1. The van der Waals surface area contributed by atoms with Crippen molar-refractivity contribution in [1.82, 2.24) is 4.98 Å². The van der Waals surface area contributed by atoms with E-state index in [1.165, 1.54) is 17.6 Å². The van der Waals surface area contributed by atoms with Gasteiger partial charge in [-0.2, -0.15) is 4.39 Å². The summed E-state index contributed by atoms with van der Waals surface area (Å²) in [4.78, 5) is 3.56. The second-order valence-corrected chi connectivity index (χ2v) is 3.93. The lowest BCUT2D eigenvalue weighted by Crippen LogP contribution is -1.84. The maximum Gasteiger partial charge on any atom is 0.213 e. The number of rotatable bonds is 1. The van der Waals surface area contributed by atoms with Crippen molar-refractivity contribution in [3.05, 3.63) is 66.7 Å². The Hall–Kier alpha value is -2.22. The number of hydrogen-bond acceptors (Lipinski definition) is 1. The van der Waals surface area contributed by atoms with Crippen molar-refractivity contribution >= 4 is 10.8 Å². The average molecular weight is 223 g/mol. The van der Waals surface area contributed by atoms with Crippen molar-refractivity contribution in [3.8, 4) is 11.1 Å². The maximum absolute atomic E-state index is 13.1. The van der Waals surface area contributed by atoms with Crippen LogP contribution in [0.25, 0.3) is 21.9 Å². The van der Waals surface area contributed by atoms with E-state index in [0.717, 1.165) is 16.5 Å². The number of nitrogens with zero attached hydrogens (tertiary/aromatic N) is 1. The second-order valence-electron chi connectivity index (χ2n) is 3.93. The summed E-state index contributed by atoms with van der Waals surface area (Å²) in [5, 5.41) is 2.34. The van der Waals surface area contributed by atoms with E-state index in [0.29, 0.717) is 0 Å². The van der Waals surface area contributed by atoms with Gasteiger partial charge >= 0.3 is 0 Å². The van der Waals surface area contributed by atoms with Crippen LogP contribution in [0.2, 0.25) is 0 Å². The van der Waals surface area contributed by atoms with Crippen molar-refractivity contribution in [2.24, 2.45) is 0 Å². The third-order valence-electron chi connectivity index (χ3n) is 2.81. The van der Waals surface area contributed by atoms with E-state index >= 15 is 0 Å². The smallest absolute Gasteiger partial charge is 0.213 e. The molecule has 0 aliphatic carbocycles. The van der Waals surface area contributed by atoms with E-state index in [2.05, 4.69) is 23.2 Å². The van der Waals surface area contributed by atoms with Gasteiger partial charge in [-0.25, -0.2) is 4.98 Å². The summed E-state index contributed by atoms with van der Waals surface area (Å²) in [6.07, 6.45) is 1.49. The predicted molar refractivity (Wildman–Crippen MR) is 67.1 cm³/mol. The van der Waals surface area contributed by atoms with Crippen LogP contribution in [0, 0.1) is 5.95 Å². The van der Waals surface area contributed by atoms with Gasteiger partial charge in [0, 0.05) is 12.3 Å². The molecule has 0 saturated heterocycles. The fourth-order valence-electron chi connectivity index (χ4n) is 1.95. The van der Waals surface area contributed by atoms with E-state index in [-0.39, 0.29) is 0 Å². The Morgan fingerprint density at radius 2 is 1.53 bits per heavy atom. The minimum Gasteiger partial charge on any atom is -0.228 e. The van der Waals surface area contributed by atoms with Gasteiger partial charge in [-0.3, -0.25) is 0 Å². The summed E-state index contributed by atoms with van der Waals surface area (Å²) in [6, 6.07) is 17.5. The van der Waals surface area contributed by atoms with E-state index in [1.54, 1.807) is 0 Å². The van der Waals surface area contributed by atoms with Crippen LogP contribution in [-0.2, 0) is 0 Å². The first-order chi connectivity index (χ1) is 8.33. The molecule has 2 aromatic carbocycles. The standard InChI is InChI=1S/C15H10FN/c16-15-10-14(7-8-17-15)13-6-5-11-3-1-2-4-12(11)9-13/h1-10H. The van der Waals surface area contributed by atoms with Crippen molar-refractivity contribution in [2.75, 3.05) is 0 Å². The first-order valence-electron chi connectivity index (χ1n) is 5.44. The monoisotopic (exact) mass is 223 g/mol. The van der Waals surface area contributed by atoms with Crippen LogP contribution in [0.5, 0.6) is 0 Å². The highest BCUT2D eigenvalue weighted by Gasteiger charge is 2.01. The third-order valence-corrected chi connectivity index (χ3v) is 2.81. The van der Waals surface area contributed by atoms with Gasteiger partial charge in [-0.15, -0.1) is 0 Å². The number of fused-ring (bicyclic) bond motifs is 1. The Balaban J connectivity index is 2.18. The summed E-state index contributed by atoms with van der Waals surface area (Å²) < 4.78 is 13.1. The van der Waals surface area contributed by atoms with Gasteiger partial charge in [0.2, 0.25) is 5.95 Å². The number of hydrogen-bond donors (Lipinski definition) is 0. The molecule has 1 aromatic heterocycles. The van der Waals surface area contributed by atoms with Gasteiger partial charge in [-0.1, -0.05) is 36.4 Å². The molecule has 0 fully saturated rings. The van der Waals surface area contributed by atoms with Crippen molar-refractivity contribution in [1.29, 1.82) is 0 Å². The van der Waals surface area contributed by atoms with Gasteiger partial charge in [-0.05, 0) is 34.0 Å². The lowest BCUT2D eigenvalue weighted by molar-refractivity contribution is 0.584. The summed E-state index contributed by atoms with van der Waals surface area (Å²) in [5.41, 5.74) is 1.85. The van der Waals surface area contributed by atoms with Crippen LogP contribution in [0.3, 0.4) is 0 Å². The quantitative estimate of drug-likeness (QED) is 0.567. The fourth-order valence-corrected chi connectivity index (χ4v) is 1.95. The highest BCUT2D eigenvalue weighted by atomic mass is 19.1. The van der Waals surface area contributed by atoms with Crippen molar-refractivity contribution in [2.45, 2.75) is 0 Å². The molecule has 0 saturated carbocycles. The first kappa shape index (κ1) is 9.97. The van der Waals surface area contributed by atoms with Crippen molar-refractivity contribution in [3.63, 3.8) is 0 Å². The number of aromatic nitrogens is 1. The molecule has 17 heavy (non-hydrogen) atoms. The molecule has 0 aliphatic heterocycles. The maximum atomic E-state index is 13.1. The molecule has 3 rings (SSSR count). The molecule has 0 atom stereocenters. The molecule has 0 N–H and O–H groups in total. The molecule has 2 heteroatoms. The van der Waals surface area contributed by atoms with Crippen LogP contribution in [-0.4, -0.2) is 4.98 Å². The molecule has 0 unspecified atom stereocenters. The molecule has 82 valence electrons. The molecule has 0 radical (unpaired) electrons. The minimum atomic E-state index is -0.448. The zero-order valence-corrected chi connectivity index (χ0v) is 9.10. The van der Waals surface area contributed by atoms with E-state index < -0.39 is 5.95 Å². The predicted octanol–water partition coefficient (Wildman–Crippen LogP) is 4.04. The van der Waals surface area contributed by atoms with Crippen LogP contribution >= 0.6 is 0 Å². The molecule has 0 aliphatic rings. The number of benzene rings is 2. The van der Waals surface area contributed by atoms with E-state index in [1.807, 2.05) is 30.3 Å². The van der Waals surface area contributed by atoms with Crippen LogP contribution < -0.4 is 0 Å². The Kier molecular flexibility index (Phi) is 2.33. The Labute approximate surface area is 98.6 Å². The van der Waals surface area contributed by atoms with Gasteiger partial charge < -0.3 is 0 Å². The highest BCUT2D eigenvalue weighted by Crippen LogP contribution is 2.24. The summed E-state index contributed by atoms with van der Waals surface area (Å²) >= 11 is 0. The zero-order chi connectivity index (χ0) is 11.7. The number of pyridine rings is 1. The average Bonchev–Trinajstić information content (AvgIpc) is 2.38. The molecule has 0 amide bonds. The summed E-state index contributed by atoms with van der Waals surface area (Å²) in [7, 11) is 0. The van der Waals surface area contributed by atoms with Crippen molar-refractivity contribution < 1.29 is 4.39 Å². The minimum absolute atomic E-state index is 0.448. The van der Waals surface area contributed by atoms with E-state index in [4.69, 9.17) is 0 Å². The Morgan fingerprint density at radius 1 is 0.765 bits per heavy atom. The van der Waals surface area contributed by atoms with Crippen LogP contribution in [0.4, 0.5) is 4.39 Å². The summed E-state index contributed by atoms with van der Waals surface area (Å²) in [5.74, 6) is -0.448. The Bertz CT molecular complexity index is 676. The van der Waals surface area contributed by atoms with Gasteiger partial charge in [0.05, 0.1) is 0 Å². The molecule has 0 spiro atoms. The Morgan fingerprint density at radius 3 is 2.35 bits per heavy atom. The zero-order valence-electron chi connectivity index (χ0n) is 9.10.